The molecule has 1 saturated carbocycles. The Labute approximate surface area is 188 Å². The first kappa shape index (κ1) is 22.4. The van der Waals surface area contributed by atoms with Gasteiger partial charge in [-0.2, -0.15) is 5.26 Å². The SMILES string of the molecule is N#Cc1ccc(N2C(=O)CC(N(CCN3CCOCC3)C(=O)C3CCCCC3)C2=O)cc1. The summed E-state index contributed by atoms with van der Waals surface area (Å²) in [5.41, 5.74) is 0.906. The van der Waals surface area contributed by atoms with Crippen molar-refractivity contribution in [2.75, 3.05) is 44.3 Å². The average molecular weight is 439 g/mol. The Morgan fingerprint density at radius 3 is 2.44 bits per heavy atom. The lowest BCUT2D eigenvalue weighted by Gasteiger charge is -2.35. The number of ether oxygens (including phenoxy) is 1. The molecule has 32 heavy (non-hydrogen) atoms. The number of anilines is 1. The average Bonchev–Trinajstić information content (AvgIpc) is 3.14. The van der Waals surface area contributed by atoms with Crippen LogP contribution in [0.25, 0.3) is 0 Å². The highest BCUT2D eigenvalue weighted by atomic mass is 16.5. The largest absolute Gasteiger partial charge is 0.379 e. The number of carbonyl (C=O) groups is 3. The van der Waals surface area contributed by atoms with Gasteiger partial charge in [-0.1, -0.05) is 19.3 Å². The van der Waals surface area contributed by atoms with E-state index < -0.39 is 6.04 Å². The van der Waals surface area contributed by atoms with Gasteiger partial charge in [0.1, 0.15) is 6.04 Å². The topological polar surface area (TPSA) is 93.9 Å². The Balaban J connectivity index is 1.53. The molecule has 8 nitrogen and oxygen atoms in total. The van der Waals surface area contributed by atoms with Crippen LogP contribution in [0, 0.1) is 17.2 Å². The van der Waals surface area contributed by atoms with Gasteiger partial charge in [0.15, 0.2) is 0 Å². The molecule has 2 saturated heterocycles. The minimum Gasteiger partial charge on any atom is -0.379 e. The first-order chi connectivity index (χ1) is 15.6. The van der Waals surface area contributed by atoms with Crippen LogP contribution >= 0.6 is 0 Å². The van der Waals surface area contributed by atoms with Crippen molar-refractivity contribution in [3.05, 3.63) is 29.8 Å². The molecule has 0 spiro atoms. The van der Waals surface area contributed by atoms with Crippen molar-refractivity contribution in [1.29, 1.82) is 5.26 Å². The van der Waals surface area contributed by atoms with Crippen LogP contribution in [0.2, 0.25) is 0 Å². The van der Waals surface area contributed by atoms with Crippen LogP contribution in [0.15, 0.2) is 24.3 Å². The predicted octanol–water partition coefficient (Wildman–Crippen LogP) is 1.93. The van der Waals surface area contributed by atoms with Crippen molar-refractivity contribution in [2.24, 2.45) is 5.92 Å². The second kappa shape index (κ2) is 10.2. The fraction of sp³-hybridized carbons (Fsp3) is 0.583. The molecule has 1 aromatic rings. The third-order valence-electron chi connectivity index (χ3n) is 6.75. The highest BCUT2D eigenvalue weighted by Crippen LogP contribution is 2.30. The number of rotatable bonds is 6. The smallest absolute Gasteiger partial charge is 0.257 e. The van der Waals surface area contributed by atoms with E-state index in [1.165, 1.54) is 4.90 Å². The Hall–Kier alpha value is -2.76. The maximum Gasteiger partial charge on any atom is 0.257 e. The molecule has 1 atom stereocenters. The summed E-state index contributed by atoms with van der Waals surface area (Å²) in [5.74, 6) is -0.727. The van der Waals surface area contributed by atoms with Crippen LogP contribution < -0.4 is 4.90 Å². The quantitative estimate of drug-likeness (QED) is 0.630. The minimum atomic E-state index is -0.770. The van der Waals surface area contributed by atoms with Gasteiger partial charge in [0.2, 0.25) is 11.8 Å². The van der Waals surface area contributed by atoms with Crippen molar-refractivity contribution < 1.29 is 19.1 Å². The van der Waals surface area contributed by atoms with E-state index in [1.807, 2.05) is 6.07 Å². The van der Waals surface area contributed by atoms with Gasteiger partial charge in [0.25, 0.3) is 5.91 Å². The second-order valence-electron chi connectivity index (χ2n) is 8.77. The van der Waals surface area contributed by atoms with Crippen molar-refractivity contribution in [3.8, 4) is 6.07 Å². The van der Waals surface area contributed by atoms with Gasteiger partial charge in [0.05, 0.1) is 37.0 Å². The fourth-order valence-corrected chi connectivity index (χ4v) is 4.89. The Bertz CT molecular complexity index is 882. The van der Waals surface area contributed by atoms with E-state index in [9.17, 15) is 14.4 Å². The maximum atomic E-state index is 13.5. The predicted molar refractivity (Wildman–Crippen MR) is 118 cm³/mol. The zero-order chi connectivity index (χ0) is 22.5. The van der Waals surface area contributed by atoms with Crippen molar-refractivity contribution in [1.82, 2.24) is 9.80 Å². The molecular weight excluding hydrogens is 408 g/mol. The van der Waals surface area contributed by atoms with Crippen LogP contribution in [0.4, 0.5) is 5.69 Å². The Morgan fingerprint density at radius 2 is 1.78 bits per heavy atom. The van der Waals surface area contributed by atoms with Gasteiger partial charge < -0.3 is 9.64 Å². The van der Waals surface area contributed by atoms with Crippen LogP contribution in [-0.2, 0) is 19.1 Å². The van der Waals surface area contributed by atoms with E-state index in [0.717, 1.165) is 45.2 Å². The molecule has 8 heteroatoms. The first-order valence-corrected chi connectivity index (χ1v) is 11.6. The van der Waals surface area contributed by atoms with E-state index in [-0.39, 0.29) is 30.1 Å². The standard InChI is InChI=1S/C24H30N4O4/c25-17-18-6-8-20(9-7-18)28-22(29)16-21(24(28)31)27(11-10-26-12-14-32-15-13-26)23(30)19-4-2-1-3-5-19/h6-9,19,21H,1-5,10-16H2. The zero-order valence-electron chi connectivity index (χ0n) is 18.4. The molecule has 4 rings (SSSR count). The van der Waals surface area contributed by atoms with E-state index in [2.05, 4.69) is 4.90 Å². The summed E-state index contributed by atoms with van der Waals surface area (Å²) in [7, 11) is 0. The molecule has 1 aromatic carbocycles. The third-order valence-corrected chi connectivity index (χ3v) is 6.75. The summed E-state index contributed by atoms with van der Waals surface area (Å²) in [6.07, 6.45) is 4.90. The summed E-state index contributed by atoms with van der Waals surface area (Å²) in [6, 6.07) is 7.67. The molecule has 1 unspecified atom stereocenters. The number of amides is 3. The van der Waals surface area contributed by atoms with Crippen molar-refractivity contribution in [2.45, 2.75) is 44.6 Å². The lowest BCUT2D eigenvalue weighted by molar-refractivity contribution is -0.143. The molecule has 0 radical (unpaired) electrons. The highest BCUT2D eigenvalue weighted by molar-refractivity contribution is 6.23. The van der Waals surface area contributed by atoms with Crippen LogP contribution in [0.3, 0.4) is 0 Å². The van der Waals surface area contributed by atoms with Gasteiger partial charge in [-0.25, -0.2) is 4.90 Å². The molecule has 2 heterocycles. The molecule has 2 aliphatic heterocycles. The first-order valence-electron chi connectivity index (χ1n) is 11.6. The summed E-state index contributed by atoms with van der Waals surface area (Å²) < 4.78 is 5.41. The summed E-state index contributed by atoms with van der Waals surface area (Å²) in [5, 5.41) is 9.01. The van der Waals surface area contributed by atoms with Gasteiger partial charge in [0, 0.05) is 32.1 Å². The molecule has 0 bridgehead atoms. The number of morpholine rings is 1. The molecule has 3 amide bonds. The van der Waals surface area contributed by atoms with Crippen LogP contribution in [0.5, 0.6) is 0 Å². The van der Waals surface area contributed by atoms with Crippen molar-refractivity contribution >= 4 is 23.4 Å². The third kappa shape index (κ3) is 4.84. The number of hydrogen-bond donors (Lipinski definition) is 0. The summed E-state index contributed by atoms with van der Waals surface area (Å²) in [6.45, 7) is 4.05. The van der Waals surface area contributed by atoms with Gasteiger partial charge in [-0.3, -0.25) is 19.3 Å². The number of benzene rings is 1. The van der Waals surface area contributed by atoms with Crippen molar-refractivity contribution in [3.63, 3.8) is 0 Å². The number of nitriles is 1. The summed E-state index contributed by atoms with van der Waals surface area (Å²) in [4.78, 5) is 44.8. The van der Waals surface area contributed by atoms with Crippen LogP contribution in [-0.4, -0.2) is 73.0 Å². The lowest BCUT2D eigenvalue weighted by Crippen LogP contribution is -2.51. The number of imide groups is 1. The minimum absolute atomic E-state index is 0.000403. The van der Waals surface area contributed by atoms with Crippen LogP contribution in [0.1, 0.15) is 44.1 Å². The number of nitrogens with zero attached hydrogens (tertiary/aromatic N) is 4. The van der Waals surface area contributed by atoms with Gasteiger partial charge in [-0.05, 0) is 37.1 Å². The van der Waals surface area contributed by atoms with E-state index in [1.54, 1.807) is 29.2 Å². The maximum absolute atomic E-state index is 13.5. The highest BCUT2D eigenvalue weighted by Gasteiger charge is 2.45. The van der Waals surface area contributed by atoms with E-state index in [4.69, 9.17) is 10.00 Å². The van der Waals surface area contributed by atoms with Gasteiger partial charge in [-0.15, -0.1) is 0 Å². The molecular formula is C24H30N4O4. The number of hydrogen-bond acceptors (Lipinski definition) is 6. The molecule has 3 fully saturated rings. The molecule has 3 aliphatic rings. The summed E-state index contributed by atoms with van der Waals surface area (Å²) >= 11 is 0. The normalized spacial score (nSPS) is 22.7. The Morgan fingerprint density at radius 1 is 1.09 bits per heavy atom. The molecule has 0 aromatic heterocycles. The molecule has 170 valence electrons. The van der Waals surface area contributed by atoms with Gasteiger partial charge >= 0.3 is 0 Å². The fourth-order valence-electron chi connectivity index (χ4n) is 4.89. The molecule has 1 aliphatic carbocycles. The second-order valence-corrected chi connectivity index (χ2v) is 8.77. The molecule has 0 N–H and O–H groups in total. The lowest BCUT2D eigenvalue weighted by atomic mass is 9.88. The Kier molecular flexibility index (Phi) is 7.18. The monoisotopic (exact) mass is 438 g/mol. The zero-order valence-corrected chi connectivity index (χ0v) is 18.4. The van der Waals surface area contributed by atoms with E-state index >= 15 is 0 Å². The number of carbonyl (C=O) groups excluding carboxylic acids is 3. The van der Waals surface area contributed by atoms with E-state index in [0.29, 0.717) is 37.6 Å².